The number of rotatable bonds is 7. The molecule has 0 radical (unpaired) electrons. The van der Waals surface area contributed by atoms with E-state index in [0.29, 0.717) is 5.69 Å². The molecule has 3 rings (SSSR count). The van der Waals surface area contributed by atoms with E-state index in [9.17, 15) is 9.59 Å². The van der Waals surface area contributed by atoms with Crippen LogP contribution >= 0.6 is 11.3 Å². The standard InChI is InChI=1S/C18H16N2O4S/c21-16(8-9-19-17(22)15-7-4-10-23-15)24-11-14-12-25-18(20-14)13-5-2-1-3-6-13/h1-7,10,12H,8-9,11H2,(H,19,22). The maximum atomic E-state index is 11.7. The third-order valence-corrected chi connectivity index (χ3v) is 4.25. The number of carbonyl (C=O) groups excluding carboxylic acids is 2. The second kappa shape index (κ2) is 8.25. The Labute approximate surface area is 148 Å². The van der Waals surface area contributed by atoms with Crippen molar-refractivity contribution in [3.05, 3.63) is 65.6 Å². The van der Waals surface area contributed by atoms with Crippen molar-refractivity contribution in [3.8, 4) is 10.6 Å². The first kappa shape index (κ1) is 16.9. The van der Waals surface area contributed by atoms with Crippen molar-refractivity contribution < 1.29 is 18.7 Å². The first-order valence-corrected chi connectivity index (χ1v) is 8.57. The zero-order valence-corrected chi connectivity index (χ0v) is 14.1. The minimum absolute atomic E-state index is 0.0854. The molecule has 0 spiro atoms. The van der Waals surface area contributed by atoms with Gasteiger partial charge < -0.3 is 14.5 Å². The zero-order chi connectivity index (χ0) is 17.5. The van der Waals surface area contributed by atoms with Crippen molar-refractivity contribution in [1.82, 2.24) is 10.3 Å². The van der Waals surface area contributed by atoms with E-state index in [1.807, 2.05) is 35.7 Å². The number of amides is 1. The molecule has 0 saturated heterocycles. The average molecular weight is 356 g/mol. The van der Waals surface area contributed by atoms with Crippen LogP contribution in [0.3, 0.4) is 0 Å². The van der Waals surface area contributed by atoms with Crippen LogP contribution in [0.1, 0.15) is 22.7 Å². The van der Waals surface area contributed by atoms with E-state index in [4.69, 9.17) is 9.15 Å². The summed E-state index contributed by atoms with van der Waals surface area (Å²) < 4.78 is 10.1. The van der Waals surface area contributed by atoms with Gasteiger partial charge in [0.25, 0.3) is 5.91 Å². The SMILES string of the molecule is O=C(CCNC(=O)c1ccco1)OCc1csc(-c2ccccc2)n1. The highest BCUT2D eigenvalue weighted by Crippen LogP contribution is 2.23. The Hall–Kier alpha value is -2.93. The second-order valence-corrected chi connectivity index (χ2v) is 6.01. The number of hydrogen-bond donors (Lipinski definition) is 1. The first-order valence-electron chi connectivity index (χ1n) is 7.69. The topological polar surface area (TPSA) is 81.4 Å². The van der Waals surface area contributed by atoms with Gasteiger partial charge in [0, 0.05) is 17.5 Å². The number of ether oxygens (including phenoxy) is 1. The van der Waals surface area contributed by atoms with E-state index < -0.39 is 5.97 Å². The summed E-state index contributed by atoms with van der Waals surface area (Å²) in [6.45, 7) is 0.305. The highest BCUT2D eigenvalue weighted by atomic mass is 32.1. The van der Waals surface area contributed by atoms with Crippen LogP contribution in [0.4, 0.5) is 0 Å². The van der Waals surface area contributed by atoms with E-state index in [0.717, 1.165) is 10.6 Å². The van der Waals surface area contributed by atoms with Gasteiger partial charge in [-0.15, -0.1) is 11.3 Å². The summed E-state index contributed by atoms with van der Waals surface area (Å²) in [5, 5.41) is 5.35. The van der Waals surface area contributed by atoms with Crippen molar-refractivity contribution in [2.24, 2.45) is 0 Å². The maximum absolute atomic E-state index is 11.7. The monoisotopic (exact) mass is 356 g/mol. The molecule has 0 aliphatic rings. The lowest BCUT2D eigenvalue weighted by Gasteiger charge is -2.04. The molecule has 1 N–H and O–H groups in total. The third kappa shape index (κ3) is 4.77. The molecule has 0 saturated carbocycles. The molecule has 128 valence electrons. The molecule has 0 aliphatic heterocycles. The molecular formula is C18H16N2O4S. The molecule has 0 unspecified atom stereocenters. The minimum atomic E-state index is -0.394. The summed E-state index contributed by atoms with van der Waals surface area (Å²) in [5.41, 5.74) is 1.74. The van der Waals surface area contributed by atoms with Gasteiger partial charge in [0.15, 0.2) is 5.76 Å². The molecule has 0 bridgehead atoms. The molecule has 1 amide bonds. The molecule has 7 heteroatoms. The smallest absolute Gasteiger partial charge is 0.307 e. The Balaban J connectivity index is 1.41. The van der Waals surface area contributed by atoms with Gasteiger partial charge in [0.2, 0.25) is 0 Å². The second-order valence-electron chi connectivity index (χ2n) is 5.15. The van der Waals surface area contributed by atoms with Crippen molar-refractivity contribution in [2.75, 3.05) is 6.54 Å². The Morgan fingerprint density at radius 1 is 1.16 bits per heavy atom. The number of nitrogens with one attached hydrogen (secondary N) is 1. The van der Waals surface area contributed by atoms with Crippen molar-refractivity contribution in [1.29, 1.82) is 0 Å². The lowest BCUT2D eigenvalue weighted by molar-refractivity contribution is -0.144. The summed E-state index contributed by atoms with van der Waals surface area (Å²) in [6, 6.07) is 13.0. The predicted molar refractivity (Wildman–Crippen MR) is 93.0 cm³/mol. The largest absolute Gasteiger partial charge is 0.459 e. The van der Waals surface area contributed by atoms with Gasteiger partial charge in [-0.25, -0.2) is 4.98 Å². The molecule has 25 heavy (non-hydrogen) atoms. The third-order valence-electron chi connectivity index (χ3n) is 3.31. The average Bonchev–Trinajstić information content (AvgIpc) is 3.32. The van der Waals surface area contributed by atoms with Crippen molar-refractivity contribution >= 4 is 23.2 Å². The summed E-state index contributed by atoms with van der Waals surface area (Å²) >= 11 is 1.50. The first-order chi connectivity index (χ1) is 12.2. The van der Waals surface area contributed by atoms with Crippen LogP contribution in [-0.4, -0.2) is 23.4 Å². The summed E-state index contributed by atoms with van der Waals surface area (Å²) in [5.74, 6) is -0.539. The summed E-state index contributed by atoms with van der Waals surface area (Å²) in [7, 11) is 0. The van der Waals surface area contributed by atoms with Gasteiger partial charge >= 0.3 is 5.97 Å². The van der Waals surface area contributed by atoms with Crippen LogP contribution in [0.25, 0.3) is 10.6 Å². The molecule has 0 fully saturated rings. The van der Waals surface area contributed by atoms with Gasteiger partial charge in [0.1, 0.15) is 11.6 Å². The van der Waals surface area contributed by atoms with Crippen molar-refractivity contribution in [3.63, 3.8) is 0 Å². The van der Waals surface area contributed by atoms with Gasteiger partial charge in [-0.3, -0.25) is 9.59 Å². The Morgan fingerprint density at radius 3 is 2.76 bits per heavy atom. The fourth-order valence-corrected chi connectivity index (χ4v) is 2.90. The number of carbonyl (C=O) groups is 2. The zero-order valence-electron chi connectivity index (χ0n) is 13.3. The number of thiazole rings is 1. The summed E-state index contributed by atoms with van der Waals surface area (Å²) in [6.07, 6.45) is 1.50. The fourth-order valence-electron chi connectivity index (χ4n) is 2.09. The minimum Gasteiger partial charge on any atom is -0.459 e. The molecule has 2 heterocycles. The van der Waals surface area contributed by atoms with Gasteiger partial charge in [-0.1, -0.05) is 30.3 Å². The van der Waals surface area contributed by atoms with Crippen LogP contribution in [0.5, 0.6) is 0 Å². The molecule has 0 atom stereocenters. The van der Waals surface area contributed by atoms with Crippen LogP contribution in [0, 0.1) is 0 Å². The van der Waals surface area contributed by atoms with Crippen LogP contribution in [0.15, 0.2) is 58.5 Å². The van der Waals surface area contributed by atoms with E-state index in [1.54, 1.807) is 12.1 Å². The van der Waals surface area contributed by atoms with E-state index >= 15 is 0 Å². The number of furan rings is 1. The quantitative estimate of drug-likeness (QED) is 0.657. The van der Waals surface area contributed by atoms with Crippen LogP contribution in [-0.2, 0) is 16.1 Å². The number of esters is 1. The van der Waals surface area contributed by atoms with Gasteiger partial charge in [-0.05, 0) is 12.1 Å². The number of benzene rings is 1. The lowest BCUT2D eigenvalue weighted by atomic mass is 10.2. The highest BCUT2D eigenvalue weighted by molar-refractivity contribution is 7.13. The van der Waals surface area contributed by atoms with Crippen molar-refractivity contribution in [2.45, 2.75) is 13.0 Å². The Morgan fingerprint density at radius 2 is 2.00 bits per heavy atom. The maximum Gasteiger partial charge on any atom is 0.307 e. The van der Waals surface area contributed by atoms with E-state index in [-0.39, 0.29) is 31.2 Å². The molecular weight excluding hydrogens is 340 g/mol. The highest BCUT2D eigenvalue weighted by Gasteiger charge is 2.10. The molecule has 6 nitrogen and oxygen atoms in total. The molecule has 1 aromatic carbocycles. The predicted octanol–water partition coefficient (Wildman–Crippen LogP) is 3.27. The van der Waals surface area contributed by atoms with E-state index in [2.05, 4.69) is 10.3 Å². The van der Waals surface area contributed by atoms with Crippen LogP contribution < -0.4 is 5.32 Å². The fraction of sp³-hybridized carbons (Fsp3) is 0.167. The Bertz CT molecular complexity index is 828. The molecule has 3 aromatic rings. The normalized spacial score (nSPS) is 10.4. The van der Waals surface area contributed by atoms with Gasteiger partial charge in [-0.2, -0.15) is 0 Å². The molecule has 2 aromatic heterocycles. The van der Waals surface area contributed by atoms with E-state index in [1.165, 1.54) is 17.6 Å². The number of nitrogens with zero attached hydrogens (tertiary/aromatic N) is 1. The number of aromatic nitrogens is 1. The number of hydrogen-bond acceptors (Lipinski definition) is 6. The lowest BCUT2D eigenvalue weighted by Crippen LogP contribution is -2.26. The van der Waals surface area contributed by atoms with Crippen LogP contribution in [0.2, 0.25) is 0 Å². The summed E-state index contributed by atoms with van der Waals surface area (Å²) in [4.78, 5) is 27.8. The molecule has 0 aliphatic carbocycles. The van der Waals surface area contributed by atoms with Gasteiger partial charge in [0.05, 0.1) is 18.4 Å². The Kier molecular flexibility index (Phi) is 5.58.